The summed E-state index contributed by atoms with van der Waals surface area (Å²) < 4.78 is 0.857. The fraction of sp³-hybridized carbons (Fsp3) is 0.125. The lowest BCUT2D eigenvalue weighted by molar-refractivity contribution is -0.384. The number of nitro benzene ring substituents is 1. The molecule has 1 N–H and O–H groups in total. The first-order valence-electron chi connectivity index (χ1n) is 10.2. The van der Waals surface area contributed by atoms with Crippen molar-refractivity contribution in [1.29, 1.82) is 0 Å². The number of ketones is 1. The lowest BCUT2D eigenvalue weighted by atomic mass is 9.95. The average Bonchev–Trinajstić information content (AvgIpc) is 3.53. The van der Waals surface area contributed by atoms with Crippen molar-refractivity contribution in [3.05, 3.63) is 96.9 Å². The number of nitro groups is 1. The van der Waals surface area contributed by atoms with Crippen molar-refractivity contribution in [2.75, 3.05) is 4.90 Å². The Morgan fingerprint density at radius 3 is 2.68 bits per heavy atom. The lowest BCUT2D eigenvalue weighted by Gasteiger charge is -2.24. The quantitative estimate of drug-likeness (QED) is 0.219. The molecule has 10 heteroatoms. The number of aryl methyl sites for hydroxylation is 2. The molecule has 0 spiro atoms. The van der Waals surface area contributed by atoms with E-state index in [1.807, 2.05) is 26.0 Å². The lowest BCUT2D eigenvalue weighted by Crippen LogP contribution is -2.31. The van der Waals surface area contributed by atoms with Crippen LogP contribution in [0.25, 0.3) is 10.2 Å². The SMILES string of the molecule is Cc1cc(C)c2nc(N3C(=O)C(O)=C(C(=O)c4cccs4)[C@H]3c3cccc([N+](=O)[O-])c3)sc2c1. The van der Waals surface area contributed by atoms with Crippen molar-refractivity contribution >= 4 is 55.4 Å². The maximum absolute atomic E-state index is 13.4. The molecule has 0 radical (unpaired) electrons. The van der Waals surface area contributed by atoms with Crippen LogP contribution < -0.4 is 4.90 Å². The number of benzene rings is 2. The molecule has 1 amide bonds. The summed E-state index contributed by atoms with van der Waals surface area (Å²) >= 11 is 2.45. The Balaban J connectivity index is 1.72. The average molecular weight is 492 g/mol. The molecule has 0 fully saturated rings. The first-order chi connectivity index (χ1) is 16.3. The molecule has 34 heavy (non-hydrogen) atoms. The van der Waals surface area contributed by atoms with Crippen molar-refractivity contribution in [2.45, 2.75) is 19.9 Å². The summed E-state index contributed by atoms with van der Waals surface area (Å²) in [6.45, 7) is 3.88. The predicted molar refractivity (Wildman–Crippen MR) is 131 cm³/mol. The minimum Gasteiger partial charge on any atom is -0.503 e. The van der Waals surface area contributed by atoms with Gasteiger partial charge in [-0.25, -0.2) is 4.98 Å². The Labute approximate surface area is 201 Å². The summed E-state index contributed by atoms with van der Waals surface area (Å²) in [6, 6.07) is 11.9. The van der Waals surface area contributed by atoms with Crippen LogP contribution in [-0.2, 0) is 4.79 Å². The fourth-order valence-electron chi connectivity index (χ4n) is 4.16. The molecule has 1 aliphatic rings. The first kappa shape index (κ1) is 21.9. The van der Waals surface area contributed by atoms with Gasteiger partial charge in [0.15, 0.2) is 10.9 Å². The van der Waals surface area contributed by atoms with Gasteiger partial charge >= 0.3 is 0 Å². The van der Waals surface area contributed by atoms with Gasteiger partial charge in [0.1, 0.15) is 0 Å². The van der Waals surface area contributed by atoms with Crippen LogP contribution >= 0.6 is 22.7 Å². The van der Waals surface area contributed by atoms with E-state index in [9.17, 15) is 24.8 Å². The number of anilines is 1. The molecule has 3 heterocycles. The Morgan fingerprint density at radius 2 is 1.97 bits per heavy atom. The van der Waals surface area contributed by atoms with Crippen molar-refractivity contribution < 1.29 is 19.6 Å². The molecule has 0 aliphatic carbocycles. The van der Waals surface area contributed by atoms with Crippen LogP contribution in [-0.4, -0.2) is 26.7 Å². The minimum atomic E-state index is -1.07. The molecule has 2 aromatic carbocycles. The number of carbonyl (C=O) groups excluding carboxylic acids is 2. The van der Waals surface area contributed by atoms with E-state index < -0.39 is 28.4 Å². The van der Waals surface area contributed by atoms with Gasteiger partial charge in [-0.3, -0.25) is 24.6 Å². The summed E-state index contributed by atoms with van der Waals surface area (Å²) in [7, 11) is 0. The number of aliphatic hydroxyl groups excluding tert-OH is 1. The van der Waals surface area contributed by atoms with Crippen LogP contribution in [0.4, 0.5) is 10.8 Å². The summed E-state index contributed by atoms with van der Waals surface area (Å²) in [5.41, 5.74) is 2.71. The Hall–Kier alpha value is -3.89. The number of aliphatic hydroxyl groups is 1. The monoisotopic (exact) mass is 491 g/mol. The highest BCUT2D eigenvalue weighted by Gasteiger charge is 2.46. The second-order valence-electron chi connectivity index (χ2n) is 7.92. The van der Waals surface area contributed by atoms with E-state index in [2.05, 4.69) is 4.98 Å². The van der Waals surface area contributed by atoms with E-state index in [0.717, 1.165) is 15.8 Å². The van der Waals surface area contributed by atoms with Crippen LogP contribution in [0.1, 0.15) is 32.4 Å². The molecule has 170 valence electrons. The largest absolute Gasteiger partial charge is 0.503 e. The van der Waals surface area contributed by atoms with Gasteiger partial charge in [-0.05, 0) is 48.1 Å². The van der Waals surface area contributed by atoms with E-state index in [0.29, 0.717) is 21.1 Å². The van der Waals surface area contributed by atoms with Crippen LogP contribution in [0.15, 0.2) is 65.2 Å². The molecule has 2 aromatic heterocycles. The van der Waals surface area contributed by atoms with Gasteiger partial charge in [-0.2, -0.15) is 0 Å². The van der Waals surface area contributed by atoms with E-state index in [1.54, 1.807) is 23.6 Å². The number of nitrogens with zero attached hydrogens (tertiary/aromatic N) is 3. The number of non-ortho nitro benzene ring substituents is 1. The van der Waals surface area contributed by atoms with E-state index in [1.165, 1.54) is 45.8 Å². The van der Waals surface area contributed by atoms with Crippen LogP contribution in [0.2, 0.25) is 0 Å². The van der Waals surface area contributed by atoms with Gasteiger partial charge in [0.05, 0.1) is 31.6 Å². The summed E-state index contributed by atoms with van der Waals surface area (Å²) in [4.78, 5) is 43.8. The predicted octanol–water partition coefficient (Wildman–Crippen LogP) is 5.67. The van der Waals surface area contributed by atoms with Crippen molar-refractivity contribution in [2.24, 2.45) is 0 Å². The highest BCUT2D eigenvalue weighted by molar-refractivity contribution is 7.22. The maximum Gasteiger partial charge on any atom is 0.296 e. The highest BCUT2D eigenvalue weighted by atomic mass is 32.1. The third-order valence-electron chi connectivity index (χ3n) is 5.62. The number of hydrogen-bond donors (Lipinski definition) is 1. The molecule has 0 saturated carbocycles. The van der Waals surface area contributed by atoms with Crippen LogP contribution in [0, 0.1) is 24.0 Å². The zero-order valence-electron chi connectivity index (χ0n) is 18.0. The molecule has 1 atom stereocenters. The maximum atomic E-state index is 13.4. The van der Waals surface area contributed by atoms with Crippen LogP contribution in [0.5, 0.6) is 0 Å². The molecular weight excluding hydrogens is 474 g/mol. The fourth-order valence-corrected chi connectivity index (χ4v) is 6.01. The molecule has 8 nitrogen and oxygen atoms in total. The Bertz CT molecular complexity index is 1520. The van der Waals surface area contributed by atoms with Crippen molar-refractivity contribution in [3.63, 3.8) is 0 Å². The number of thiazole rings is 1. The van der Waals surface area contributed by atoms with Gasteiger partial charge in [-0.1, -0.05) is 35.6 Å². The molecule has 5 rings (SSSR count). The number of hydrogen-bond acceptors (Lipinski definition) is 8. The number of fused-ring (bicyclic) bond motifs is 1. The van der Waals surface area contributed by atoms with Gasteiger partial charge in [0.2, 0.25) is 5.78 Å². The third kappa shape index (κ3) is 3.47. The van der Waals surface area contributed by atoms with Gasteiger partial charge in [-0.15, -0.1) is 11.3 Å². The standard InChI is InChI=1S/C24H17N3O5S2/c1-12-9-13(2)19-17(10-12)34-24(25-19)26-20(14-5-3-6-15(11-14)27(31)32)18(22(29)23(26)30)21(28)16-7-4-8-33-16/h3-11,20,29H,1-2H3/t20-/m1/s1. The topological polar surface area (TPSA) is 114 Å². The van der Waals surface area contributed by atoms with Crippen LogP contribution in [0.3, 0.4) is 0 Å². The molecule has 1 aliphatic heterocycles. The molecule has 0 unspecified atom stereocenters. The molecule has 0 bridgehead atoms. The summed E-state index contributed by atoms with van der Waals surface area (Å²) in [6.07, 6.45) is 0. The highest BCUT2D eigenvalue weighted by Crippen LogP contribution is 2.45. The summed E-state index contributed by atoms with van der Waals surface area (Å²) in [5, 5.41) is 24.3. The molecular formula is C24H17N3O5S2. The zero-order chi connectivity index (χ0) is 24.1. The smallest absolute Gasteiger partial charge is 0.296 e. The van der Waals surface area contributed by atoms with E-state index in [-0.39, 0.29) is 11.3 Å². The third-order valence-corrected chi connectivity index (χ3v) is 7.49. The van der Waals surface area contributed by atoms with Gasteiger partial charge in [0, 0.05) is 12.1 Å². The second-order valence-corrected chi connectivity index (χ2v) is 9.88. The number of amides is 1. The molecule has 4 aromatic rings. The van der Waals surface area contributed by atoms with E-state index >= 15 is 0 Å². The zero-order valence-corrected chi connectivity index (χ0v) is 19.6. The normalized spacial score (nSPS) is 16.0. The number of aromatic nitrogens is 1. The second kappa shape index (κ2) is 8.15. The van der Waals surface area contributed by atoms with Gasteiger partial charge in [0.25, 0.3) is 11.6 Å². The van der Waals surface area contributed by atoms with Gasteiger partial charge < -0.3 is 5.11 Å². The first-order valence-corrected chi connectivity index (χ1v) is 11.9. The molecule has 0 saturated heterocycles. The number of carbonyl (C=O) groups is 2. The van der Waals surface area contributed by atoms with Crippen molar-refractivity contribution in [1.82, 2.24) is 4.98 Å². The number of Topliss-reactive ketones (excluding diaryl/α,β-unsaturated/α-hetero) is 1. The minimum absolute atomic E-state index is 0.125. The van der Waals surface area contributed by atoms with E-state index in [4.69, 9.17) is 0 Å². The Morgan fingerprint density at radius 1 is 1.18 bits per heavy atom. The number of thiophene rings is 1. The summed E-state index contributed by atoms with van der Waals surface area (Å²) in [5.74, 6) is -1.96. The Kier molecular flexibility index (Phi) is 5.26. The number of rotatable bonds is 5. The van der Waals surface area contributed by atoms with Crippen molar-refractivity contribution in [3.8, 4) is 0 Å².